The quantitative estimate of drug-likeness (QED) is 0.723. The van der Waals surface area contributed by atoms with Gasteiger partial charge in [0, 0.05) is 6.20 Å². The van der Waals surface area contributed by atoms with Gasteiger partial charge in [0.25, 0.3) is 0 Å². The molecule has 64 valence electrons. The van der Waals surface area contributed by atoms with E-state index < -0.39 is 0 Å². The Bertz CT molecular complexity index is 290. The van der Waals surface area contributed by atoms with E-state index in [1.165, 1.54) is 24.0 Å². The van der Waals surface area contributed by atoms with Gasteiger partial charge in [-0.2, -0.15) is 0 Å². The maximum absolute atomic E-state index is 5.71. The zero-order chi connectivity index (χ0) is 8.55. The van der Waals surface area contributed by atoms with Crippen molar-refractivity contribution in [2.24, 2.45) is 0 Å². The molecule has 0 radical (unpaired) electrons. The van der Waals surface area contributed by atoms with Crippen molar-refractivity contribution in [2.45, 2.75) is 32.1 Å². The van der Waals surface area contributed by atoms with Gasteiger partial charge in [-0.15, -0.1) is 0 Å². The van der Waals surface area contributed by atoms with Crippen LogP contribution in [0.1, 0.15) is 36.8 Å². The van der Waals surface area contributed by atoms with Gasteiger partial charge in [-0.05, 0) is 36.3 Å². The zero-order valence-corrected chi connectivity index (χ0v) is 7.38. The minimum absolute atomic E-state index is 0.696. The number of aryl methyl sites for hydroxylation is 1. The van der Waals surface area contributed by atoms with Crippen LogP contribution in [0.25, 0.3) is 0 Å². The van der Waals surface area contributed by atoms with Crippen LogP contribution in [0.2, 0.25) is 0 Å². The van der Waals surface area contributed by atoms with Crippen molar-refractivity contribution in [1.29, 1.82) is 0 Å². The summed E-state index contributed by atoms with van der Waals surface area (Å²) in [5.74, 6) is 1.48. The fourth-order valence-corrected chi connectivity index (χ4v) is 1.46. The molecule has 0 spiro atoms. The maximum Gasteiger partial charge on any atom is 0.126 e. The van der Waals surface area contributed by atoms with Gasteiger partial charge >= 0.3 is 0 Å². The number of aromatic nitrogens is 1. The van der Waals surface area contributed by atoms with E-state index in [-0.39, 0.29) is 0 Å². The van der Waals surface area contributed by atoms with Gasteiger partial charge in [0.15, 0.2) is 0 Å². The molecule has 2 N–H and O–H groups in total. The first-order valence-corrected chi connectivity index (χ1v) is 4.55. The number of nitrogen functional groups attached to an aromatic ring is 1. The number of rotatable bonds is 2. The molecule has 1 saturated carbocycles. The minimum atomic E-state index is 0.696. The van der Waals surface area contributed by atoms with Crippen molar-refractivity contribution in [3.05, 3.63) is 23.4 Å². The largest absolute Gasteiger partial charge is 0.383 e. The van der Waals surface area contributed by atoms with Gasteiger partial charge in [0.2, 0.25) is 0 Å². The first-order chi connectivity index (χ1) is 5.81. The molecule has 0 aromatic carbocycles. The van der Waals surface area contributed by atoms with Crippen LogP contribution in [-0.4, -0.2) is 4.98 Å². The molecule has 12 heavy (non-hydrogen) atoms. The Kier molecular flexibility index (Phi) is 1.75. The fraction of sp³-hybridized carbons (Fsp3) is 0.500. The summed E-state index contributed by atoms with van der Waals surface area (Å²) in [6, 6.07) is 2.21. The van der Waals surface area contributed by atoms with Crippen LogP contribution < -0.4 is 5.73 Å². The smallest absolute Gasteiger partial charge is 0.126 e. The summed E-state index contributed by atoms with van der Waals surface area (Å²) in [5.41, 5.74) is 8.28. The van der Waals surface area contributed by atoms with Crippen LogP contribution in [0.3, 0.4) is 0 Å². The molecule has 0 amide bonds. The average molecular weight is 162 g/mol. The van der Waals surface area contributed by atoms with Crippen LogP contribution >= 0.6 is 0 Å². The Balaban J connectivity index is 2.33. The summed E-state index contributed by atoms with van der Waals surface area (Å²) < 4.78 is 0. The summed E-state index contributed by atoms with van der Waals surface area (Å²) in [6.45, 7) is 2.12. The molecule has 1 aromatic rings. The van der Waals surface area contributed by atoms with E-state index in [0.717, 1.165) is 12.3 Å². The van der Waals surface area contributed by atoms with E-state index >= 15 is 0 Å². The second-order valence-corrected chi connectivity index (χ2v) is 3.44. The highest BCUT2D eigenvalue weighted by Gasteiger charge is 2.24. The molecule has 0 atom stereocenters. The standard InChI is InChI=1S/C10H14N2/c1-2-7-5-9(8-3-4-8)6-12-10(7)11/h5-6,8H,2-4H2,1H3,(H2,11,12). The number of nitrogens with zero attached hydrogens (tertiary/aromatic N) is 1. The molecule has 2 nitrogen and oxygen atoms in total. The Morgan fingerprint density at radius 2 is 2.33 bits per heavy atom. The summed E-state index contributed by atoms with van der Waals surface area (Å²) in [4.78, 5) is 4.19. The molecule has 1 aliphatic carbocycles. The van der Waals surface area contributed by atoms with E-state index in [1.54, 1.807) is 0 Å². The van der Waals surface area contributed by atoms with Gasteiger partial charge in [-0.1, -0.05) is 13.0 Å². The van der Waals surface area contributed by atoms with Gasteiger partial charge in [-0.25, -0.2) is 4.98 Å². The highest BCUT2D eigenvalue weighted by Crippen LogP contribution is 2.40. The molecule has 0 aliphatic heterocycles. The number of pyridine rings is 1. The van der Waals surface area contributed by atoms with Crippen LogP contribution in [-0.2, 0) is 6.42 Å². The Hall–Kier alpha value is -1.05. The highest BCUT2D eigenvalue weighted by molar-refractivity contribution is 5.42. The van der Waals surface area contributed by atoms with Gasteiger partial charge in [0.05, 0.1) is 0 Å². The molecule has 1 aliphatic rings. The fourth-order valence-electron chi connectivity index (χ4n) is 1.46. The SMILES string of the molecule is CCc1cc(C2CC2)cnc1N. The van der Waals surface area contributed by atoms with E-state index in [1.807, 2.05) is 6.20 Å². The number of anilines is 1. The first-order valence-electron chi connectivity index (χ1n) is 4.55. The third-order valence-electron chi connectivity index (χ3n) is 2.45. The minimum Gasteiger partial charge on any atom is -0.383 e. The van der Waals surface area contributed by atoms with E-state index in [2.05, 4.69) is 18.0 Å². The predicted octanol–water partition coefficient (Wildman–Crippen LogP) is 2.10. The van der Waals surface area contributed by atoms with Crippen molar-refractivity contribution < 1.29 is 0 Å². The van der Waals surface area contributed by atoms with Crippen molar-refractivity contribution in [1.82, 2.24) is 4.98 Å². The Morgan fingerprint density at radius 1 is 1.58 bits per heavy atom. The third kappa shape index (κ3) is 1.29. The lowest BCUT2D eigenvalue weighted by Crippen LogP contribution is -1.97. The van der Waals surface area contributed by atoms with Crippen molar-refractivity contribution in [2.75, 3.05) is 5.73 Å². The van der Waals surface area contributed by atoms with E-state index in [4.69, 9.17) is 5.73 Å². The van der Waals surface area contributed by atoms with Gasteiger partial charge in [-0.3, -0.25) is 0 Å². The highest BCUT2D eigenvalue weighted by atomic mass is 14.8. The van der Waals surface area contributed by atoms with Crippen LogP contribution in [0, 0.1) is 0 Å². The molecule has 0 unspecified atom stereocenters. The predicted molar refractivity (Wildman–Crippen MR) is 50.0 cm³/mol. The molecule has 0 bridgehead atoms. The lowest BCUT2D eigenvalue weighted by molar-refractivity contribution is 1.04. The Morgan fingerprint density at radius 3 is 2.92 bits per heavy atom. The second kappa shape index (κ2) is 2.77. The van der Waals surface area contributed by atoms with Crippen LogP contribution in [0.15, 0.2) is 12.3 Å². The molecule has 2 heteroatoms. The van der Waals surface area contributed by atoms with Crippen LogP contribution in [0.5, 0.6) is 0 Å². The third-order valence-corrected chi connectivity index (χ3v) is 2.45. The average Bonchev–Trinajstić information content (AvgIpc) is 2.88. The zero-order valence-electron chi connectivity index (χ0n) is 7.38. The first kappa shape index (κ1) is 7.59. The van der Waals surface area contributed by atoms with E-state index in [0.29, 0.717) is 5.82 Å². The molecule has 1 fully saturated rings. The van der Waals surface area contributed by atoms with Gasteiger partial charge in [0.1, 0.15) is 5.82 Å². The summed E-state index contributed by atoms with van der Waals surface area (Å²) in [7, 11) is 0. The number of hydrogen-bond donors (Lipinski definition) is 1. The molecule has 1 aromatic heterocycles. The number of hydrogen-bond acceptors (Lipinski definition) is 2. The lowest BCUT2D eigenvalue weighted by Gasteiger charge is -2.03. The maximum atomic E-state index is 5.71. The summed E-state index contributed by atoms with van der Waals surface area (Å²) in [5, 5.41) is 0. The number of nitrogens with two attached hydrogens (primary N) is 1. The Labute approximate surface area is 72.8 Å². The van der Waals surface area contributed by atoms with Crippen molar-refractivity contribution in [3.8, 4) is 0 Å². The normalized spacial score (nSPS) is 16.4. The monoisotopic (exact) mass is 162 g/mol. The summed E-state index contributed by atoms with van der Waals surface area (Å²) in [6.07, 6.45) is 5.56. The van der Waals surface area contributed by atoms with Crippen molar-refractivity contribution >= 4 is 5.82 Å². The van der Waals surface area contributed by atoms with E-state index in [9.17, 15) is 0 Å². The molecule has 0 saturated heterocycles. The van der Waals surface area contributed by atoms with Crippen molar-refractivity contribution in [3.63, 3.8) is 0 Å². The molecular weight excluding hydrogens is 148 g/mol. The van der Waals surface area contributed by atoms with Gasteiger partial charge < -0.3 is 5.73 Å². The molecular formula is C10H14N2. The topological polar surface area (TPSA) is 38.9 Å². The lowest BCUT2D eigenvalue weighted by atomic mass is 10.1. The van der Waals surface area contributed by atoms with Crippen LogP contribution in [0.4, 0.5) is 5.82 Å². The summed E-state index contributed by atoms with van der Waals surface area (Å²) >= 11 is 0. The second-order valence-electron chi connectivity index (χ2n) is 3.44. The molecule has 2 rings (SSSR count). The molecule has 1 heterocycles.